The maximum atomic E-state index is 12.7. The Kier molecular flexibility index (Phi) is 5.14. The lowest BCUT2D eigenvalue weighted by atomic mass is 10.1. The van der Waals surface area contributed by atoms with Crippen LogP contribution in [-0.2, 0) is 11.2 Å². The molecule has 2 aliphatic rings. The number of likely N-dealkylation sites (tertiary alicyclic amines) is 1. The van der Waals surface area contributed by atoms with Crippen LogP contribution < -0.4 is 14.2 Å². The summed E-state index contributed by atoms with van der Waals surface area (Å²) in [5.41, 5.74) is 1.99. The van der Waals surface area contributed by atoms with E-state index < -0.39 is 0 Å². The zero-order valence-corrected chi connectivity index (χ0v) is 15.5. The van der Waals surface area contributed by atoms with Gasteiger partial charge in [0.1, 0.15) is 19.3 Å². The summed E-state index contributed by atoms with van der Waals surface area (Å²) in [6.07, 6.45) is 3.87. The Bertz CT molecular complexity index is 816. The van der Waals surface area contributed by atoms with E-state index in [0.717, 1.165) is 35.5 Å². The summed E-state index contributed by atoms with van der Waals surface area (Å²) >= 11 is 0. The third-order valence-corrected chi connectivity index (χ3v) is 5.00. The lowest BCUT2D eigenvalue weighted by Crippen LogP contribution is -2.42. The predicted octanol–water partition coefficient (Wildman–Crippen LogP) is 2.77. The molecule has 0 unspecified atom stereocenters. The molecule has 142 valence electrons. The van der Waals surface area contributed by atoms with Crippen molar-refractivity contribution in [2.75, 3.05) is 26.3 Å². The molecule has 1 saturated heterocycles. The molecule has 1 fully saturated rings. The number of amides is 1. The van der Waals surface area contributed by atoms with E-state index in [1.165, 1.54) is 0 Å². The van der Waals surface area contributed by atoms with Crippen LogP contribution in [0.25, 0.3) is 0 Å². The van der Waals surface area contributed by atoms with E-state index in [0.29, 0.717) is 38.6 Å². The Morgan fingerprint density at radius 2 is 1.96 bits per heavy atom. The molecule has 1 aromatic heterocycles. The van der Waals surface area contributed by atoms with Crippen molar-refractivity contribution in [1.29, 1.82) is 0 Å². The van der Waals surface area contributed by atoms with Crippen molar-refractivity contribution in [3.8, 4) is 17.4 Å². The summed E-state index contributed by atoms with van der Waals surface area (Å²) in [4.78, 5) is 18.9. The number of hydrogen-bond acceptors (Lipinski definition) is 5. The van der Waals surface area contributed by atoms with Crippen molar-refractivity contribution in [1.82, 2.24) is 9.88 Å². The minimum absolute atomic E-state index is 0.108. The second kappa shape index (κ2) is 7.86. The van der Waals surface area contributed by atoms with Gasteiger partial charge in [-0.25, -0.2) is 4.98 Å². The molecule has 0 radical (unpaired) electrons. The standard InChI is InChI=1S/C21H24N2O4/c1-15-3-2-8-22-21(15)27-17-6-9-23(10-7-17)20(24)14-16-4-5-18-19(13-16)26-12-11-25-18/h2-5,8,13,17H,6-7,9-12,14H2,1H3. The van der Waals surface area contributed by atoms with Crippen molar-refractivity contribution < 1.29 is 19.0 Å². The molecule has 0 spiro atoms. The van der Waals surface area contributed by atoms with E-state index in [1.54, 1.807) is 6.20 Å². The summed E-state index contributed by atoms with van der Waals surface area (Å²) in [6.45, 7) is 4.53. The molecule has 0 aliphatic carbocycles. The van der Waals surface area contributed by atoms with Gasteiger partial charge in [0.25, 0.3) is 0 Å². The zero-order valence-electron chi connectivity index (χ0n) is 15.5. The Morgan fingerprint density at radius 1 is 1.19 bits per heavy atom. The van der Waals surface area contributed by atoms with E-state index in [1.807, 2.05) is 42.2 Å². The molecule has 6 nitrogen and oxygen atoms in total. The number of rotatable bonds is 4. The smallest absolute Gasteiger partial charge is 0.226 e. The van der Waals surface area contributed by atoms with Gasteiger partial charge in [-0.2, -0.15) is 0 Å². The molecule has 0 atom stereocenters. The average Bonchev–Trinajstić information content (AvgIpc) is 2.70. The fourth-order valence-electron chi connectivity index (χ4n) is 3.46. The largest absolute Gasteiger partial charge is 0.486 e. The Hall–Kier alpha value is -2.76. The van der Waals surface area contributed by atoms with E-state index >= 15 is 0 Å². The molecule has 0 N–H and O–H groups in total. The van der Waals surface area contributed by atoms with Gasteiger partial charge in [0.15, 0.2) is 11.5 Å². The number of pyridine rings is 1. The molecule has 0 bridgehead atoms. The van der Waals surface area contributed by atoms with Crippen LogP contribution in [0.3, 0.4) is 0 Å². The molecule has 1 amide bonds. The number of carbonyl (C=O) groups is 1. The fraction of sp³-hybridized carbons (Fsp3) is 0.429. The summed E-state index contributed by atoms with van der Waals surface area (Å²) in [5.74, 6) is 2.31. The van der Waals surface area contributed by atoms with Crippen LogP contribution in [0.5, 0.6) is 17.4 Å². The van der Waals surface area contributed by atoms with Gasteiger partial charge >= 0.3 is 0 Å². The van der Waals surface area contributed by atoms with Crippen molar-refractivity contribution in [2.45, 2.75) is 32.3 Å². The fourth-order valence-corrected chi connectivity index (χ4v) is 3.46. The van der Waals surface area contributed by atoms with Crippen LogP contribution in [0.4, 0.5) is 0 Å². The molecule has 2 aromatic rings. The Morgan fingerprint density at radius 3 is 2.74 bits per heavy atom. The Balaban J connectivity index is 1.30. The quantitative estimate of drug-likeness (QED) is 0.830. The summed E-state index contributed by atoms with van der Waals surface area (Å²) < 4.78 is 17.1. The normalized spacial score (nSPS) is 16.9. The van der Waals surface area contributed by atoms with Gasteiger partial charge in [-0.1, -0.05) is 12.1 Å². The number of hydrogen-bond donors (Lipinski definition) is 0. The molecular weight excluding hydrogens is 344 g/mol. The van der Waals surface area contributed by atoms with Crippen LogP contribution in [0.2, 0.25) is 0 Å². The minimum Gasteiger partial charge on any atom is -0.486 e. The third-order valence-electron chi connectivity index (χ3n) is 5.00. The highest BCUT2D eigenvalue weighted by molar-refractivity contribution is 5.79. The topological polar surface area (TPSA) is 60.9 Å². The number of nitrogens with zero attached hydrogens (tertiary/aromatic N) is 2. The Labute approximate surface area is 159 Å². The number of benzene rings is 1. The lowest BCUT2D eigenvalue weighted by Gasteiger charge is -2.32. The van der Waals surface area contributed by atoms with Gasteiger partial charge in [-0.3, -0.25) is 4.79 Å². The van der Waals surface area contributed by atoms with Crippen LogP contribution in [0, 0.1) is 6.92 Å². The average molecular weight is 368 g/mol. The first-order valence-corrected chi connectivity index (χ1v) is 9.43. The van der Waals surface area contributed by atoms with Crippen molar-refractivity contribution in [3.63, 3.8) is 0 Å². The monoisotopic (exact) mass is 368 g/mol. The molecule has 6 heteroatoms. The first-order valence-electron chi connectivity index (χ1n) is 9.43. The van der Waals surface area contributed by atoms with Crippen LogP contribution >= 0.6 is 0 Å². The SMILES string of the molecule is Cc1cccnc1OC1CCN(C(=O)Cc2ccc3c(c2)OCCO3)CC1. The number of fused-ring (bicyclic) bond motifs is 1. The number of aryl methyl sites for hydroxylation is 1. The summed E-state index contributed by atoms with van der Waals surface area (Å²) in [7, 11) is 0. The van der Waals surface area contributed by atoms with E-state index in [4.69, 9.17) is 14.2 Å². The van der Waals surface area contributed by atoms with Crippen molar-refractivity contribution in [2.24, 2.45) is 0 Å². The molecule has 1 aromatic carbocycles. The third kappa shape index (κ3) is 4.15. The second-order valence-electron chi connectivity index (χ2n) is 6.98. The molecular formula is C21H24N2O4. The highest BCUT2D eigenvalue weighted by Gasteiger charge is 2.25. The molecule has 4 rings (SSSR count). The maximum absolute atomic E-state index is 12.7. The highest BCUT2D eigenvalue weighted by atomic mass is 16.6. The van der Waals surface area contributed by atoms with E-state index in [2.05, 4.69) is 4.98 Å². The van der Waals surface area contributed by atoms with Gasteiger partial charge < -0.3 is 19.1 Å². The lowest BCUT2D eigenvalue weighted by molar-refractivity contribution is -0.132. The molecule has 3 heterocycles. The number of ether oxygens (including phenoxy) is 3. The summed E-state index contributed by atoms with van der Waals surface area (Å²) in [6, 6.07) is 9.62. The number of carbonyl (C=O) groups excluding carboxylic acids is 1. The summed E-state index contributed by atoms with van der Waals surface area (Å²) in [5, 5.41) is 0. The second-order valence-corrected chi connectivity index (χ2v) is 6.98. The van der Waals surface area contributed by atoms with Gasteiger partial charge in [-0.05, 0) is 30.7 Å². The van der Waals surface area contributed by atoms with Gasteiger partial charge in [-0.15, -0.1) is 0 Å². The minimum atomic E-state index is 0.108. The first-order chi connectivity index (χ1) is 13.2. The van der Waals surface area contributed by atoms with E-state index in [9.17, 15) is 4.79 Å². The van der Waals surface area contributed by atoms with E-state index in [-0.39, 0.29) is 12.0 Å². The van der Waals surface area contributed by atoms with Crippen LogP contribution in [-0.4, -0.2) is 48.2 Å². The van der Waals surface area contributed by atoms with Crippen LogP contribution in [0.15, 0.2) is 36.5 Å². The molecule has 2 aliphatic heterocycles. The van der Waals surface area contributed by atoms with Gasteiger partial charge in [0.2, 0.25) is 11.8 Å². The molecule has 0 saturated carbocycles. The van der Waals surface area contributed by atoms with Crippen LogP contribution in [0.1, 0.15) is 24.0 Å². The predicted molar refractivity (Wildman–Crippen MR) is 100 cm³/mol. The maximum Gasteiger partial charge on any atom is 0.226 e. The highest BCUT2D eigenvalue weighted by Crippen LogP contribution is 2.31. The van der Waals surface area contributed by atoms with Crippen molar-refractivity contribution >= 4 is 5.91 Å². The number of aromatic nitrogens is 1. The first kappa shape index (κ1) is 17.6. The zero-order chi connectivity index (χ0) is 18.6. The van der Waals surface area contributed by atoms with Crippen molar-refractivity contribution in [3.05, 3.63) is 47.7 Å². The van der Waals surface area contributed by atoms with Gasteiger partial charge in [0.05, 0.1) is 6.42 Å². The van der Waals surface area contributed by atoms with Gasteiger partial charge in [0, 0.05) is 37.7 Å². The number of piperidine rings is 1. The molecule has 27 heavy (non-hydrogen) atoms.